The summed E-state index contributed by atoms with van der Waals surface area (Å²) in [6.07, 6.45) is 5.51. The topological polar surface area (TPSA) is 96.0 Å². The molecule has 3 aromatic carbocycles. The molecule has 236 valence electrons. The molecule has 1 N–H and O–H groups in total. The molecule has 0 spiro atoms. The largest absolute Gasteiger partial charge is 0.497 e. The minimum atomic E-state index is -4.12. The first-order valence-electron chi connectivity index (χ1n) is 15.4. The number of carbonyl (C=O) groups is 2. The van der Waals surface area contributed by atoms with Gasteiger partial charge in [-0.05, 0) is 93.1 Å². The normalized spacial score (nSPS) is 14.5. The quantitative estimate of drug-likeness (QED) is 0.266. The van der Waals surface area contributed by atoms with E-state index in [0.29, 0.717) is 17.9 Å². The lowest BCUT2D eigenvalue weighted by Gasteiger charge is -2.34. The molecule has 0 aliphatic heterocycles. The van der Waals surface area contributed by atoms with Crippen LogP contribution in [0.4, 0.5) is 5.69 Å². The molecule has 1 fully saturated rings. The number of nitrogens with zero attached hydrogens (tertiary/aromatic N) is 2. The van der Waals surface area contributed by atoms with Gasteiger partial charge in [-0.25, -0.2) is 8.42 Å². The Balaban J connectivity index is 1.73. The number of carbonyl (C=O) groups excluding carboxylic acids is 2. The van der Waals surface area contributed by atoms with E-state index in [-0.39, 0.29) is 23.4 Å². The number of anilines is 1. The molecule has 1 aliphatic carbocycles. The van der Waals surface area contributed by atoms with E-state index in [4.69, 9.17) is 4.74 Å². The van der Waals surface area contributed by atoms with Crippen molar-refractivity contribution < 1.29 is 22.7 Å². The van der Waals surface area contributed by atoms with Crippen molar-refractivity contribution in [3.8, 4) is 5.75 Å². The maximum Gasteiger partial charge on any atom is 0.264 e. The van der Waals surface area contributed by atoms with Gasteiger partial charge in [-0.1, -0.05) is 62.1 Å². The number of methoxy groups -OCH3 is 1. The Morgan fingerprint density at radius 1 is 0.932 bits per heavy atom. The number of benzene rings is 3. The summed E-state index contributed by atoms with van der Waals surface area (Å²) in [6, 6.07) is 18.6. The van der Waals surface area contributed by atoms with Crippen LogP contribution in [-0.4, -0.2) is 50.9 Å². The third-order valence-corrected chi connectivity index (χ3v) is 10.3. The maximum absolute atomic E-state index is 14.4. The highest BCUT2D eigenvalue weighted by atomic mass is 32.2. The number of amides is 2. The van der Waals surface area contributed by atoms with Crippen molar-refractivity contribution in [2.24, 2.45) is 0 Å². The summed E-state index contributed by atoms with van der Waals surface area (Å²) in [5.74, 6) is -0.0459. The summed E-state index contributed by atoms with van der Waals surface area (Å²) >= 11 is 0. The number of sulfonamides is 1. The minimum Gasteiger partial charge on any atom is -0.497 e. The summed E-state index contributed by atoms with van der Waals surface area (Å²) in [6.45, 7) is 7.29. The predicted molar refractivity (Wildman–Crippen MR) is 174 cm³/mol. The average molecular weight is 620 g/mol. The predicted octanol–water partition coefficient (Wildman–Crippen LogP) is 6.07. The summed E-state index contributed by atoms with van der Waals surface area (Å²) in [5.41, 5.74) is 4.02. The second kappa shape index (κ2) is 14.8. The van der Waals surface area contributed by atoms with Gasteiger partial charge < -0.3 is 15.0 Å². The average Bonchev–Trinajstić information content (AvgIpc) is 3.01. The van der Waals surface area contributed by atoms with Crippen LogP contribution in [0.25, 0.3) is 0 Å². The maximum atomic E-state index is 14.4. The molecule has 0 saturated heterocycles. The number of hydrogen-bond acceptors (Lipinski definition) is 5. The molecule has 0 heterocycles. The van der Waals surface area contributed by atoms with E-state index in [9.17, 15) is 18.0 Å². The van der Waals surface area contributed by atoms with Gasteiger partial charge in [0, 0.05) is 12.6 Å². The Kier molecular flexibility index (Phi) is 11.1. The standard InChI is InChI=1S/C35H45N3O5S/c1-6-33(35(40)36-29-12-8-7-9-13-29)37(23-28-11-10-14-31(22-28)43-5)34(39)24-38(30-18-17-26(3)27(4)21-30)44(41,42)32-19-15-25(2)16-20-32/h10-11,14-22,29,33H,6-9,12-13,23-24H2,1-5H3,(H,36,40)/t33-/m1/s1. The third-order valence-electron chi connectivity index (χ3n) is 8.49. The Morgan fingerprint density at radius 2 is 1.64 bits per heavy atom. The molecule has 0 aromatic heterocycles. The van der Waals surface area contributed by atoms with Crippen molar-refractivity contribution >= 4 is 27.5 Å². The van der Waals surface area contributed by atoms with E-state index in [1.807, 2.05) is 58.0 Å². The van der Waals surface area contributed by atoms with Gasteiger partial charge in [0.2, 0.25) is 11.8 Å². The van der Waals surface area contributed by atoms with Gasteiger partial charge in [0.15, 0.2) is 0 Å². The fraction of sp³-hybridized carbons (Fsp3) is 0.429. The number of aryl methyl sites for hydroxylation is 3. The third kappa shape index (κ3) is 8.00. The zero-order valence-electron chi connectivity index (χ0n) is 26.5. The highest BCUT2D eigenvalue weighted by Crippen LogP contribution is 2.27. The second-order valence-corrected chi connectivity index (χ2v) is 13.6. The van der Waals surface area contributed by atoms with Crippen molar-refractivity contribution in [3.05, 3.63) is 89.0 Å². The first kappa shape index (κ1) is 33.1. The molecule has 9 heteroatoms. The number of hydrogen-bond donors (Lipinski definition) is 1. The van der Waals surface area contributed by atoms with Gasteiger partial charge in [-0.3, -0.25) is 13.9 Å². The summed E-state index contributed by atoms with van der Waals surface area (Å²) in [5, 5.41) is 3.18. The fourth-order valence-electron chi connectivity index (χ4n) is 5.68. The van der Waals surface area contributed by atoms with Crippen LogP contribution in [0.3, 0.4) is 0 Å². The lowest BCUT2D eigenvalue weighted by molar-refractivity contribution is -0.140. The molecule has 2 amide bonds. The van der Waals surface area contributed by atoms with Crippen LogP contribution < -0.4 is 14.4 Å². The smallest absolute Gasteiger partial charge is 0.264 e. The highest BCUT2D eigenvalue weighted by Gasteiger charge is 2.34. The number of nitrogens with one attached hydrogen (secondary N) is 1. The lowest BCUT2D eigenvalue weighted by Crippen LogP contribution is -2.54. The van der Waals surface area contributed by atoms with Crippen molar-refractivity contribution in [2.75, 3.05) is 18.0 Å². The molecular weight excluding hydrogens is 574 g/mol. The van der Waals surface area contributed by atoms with E-state index in [1.165, 1.54) is 4.90 Å². The Morgan fingerprint density at radius 3 is 2.27 bits per heavy atom. The summed E-state index contributed by atoms with van der Waals surface area (Å²) in [7, 11) is -2.55. The number of ether oxygens (including phenoxy) is 1. The van der Waals surface area contributed by atoms with Crippen molar-refractivity contribution in [1.82, 2.24) is 10.2 Å². The van der Waals surface area contributed by atoms with Gasteiger partial charge in [0.05, 0.1) is 17.7 Å². The van der Waals surface area contributed by atoms with E-state index in [2.05, 4.69) is 5.32 Å². The van der Waals surface area contributed by atoms with Crippen LogP contribution in [0.15, 0.2) is 71.6 Å². The van der Waals surface area contributed by atoms with Crippen LogP contribution in [-0.2, 0) is 26.2 Å². The molecule has 44 heavy (non-hydrogen) atoms. The molecule has 0 unspecified atom stereocenters. The molecule has 1 aliphatic rings. The van der Waals surface area contributed by atoms with Crippen LogP contribution in [0.2, 0.25) is 0 Å². The van der Waals surface area contributed by atoms with E-state index in [1.54, 1.807) is 43.5 Å². The van der Waals surface area contributed by atoms with Gasteiger partial charge >= 0.3 is 0 Å². The lowest BCUT2D eigenvalue weighted by atomic mass is 9.95. The monoisotopic (exact) mass is 619 g/mol. The van der Waals surface area contributed by atoms with Gasteiger partial charge in [-0.2, -0.15) is 0 Å². The zero-order valence-corrected chi connectivity index (χ0v) is 27.3. The second-order valence-electron chi connectivity index (χ2n) is 11.7. The fourth-order valence-corrected chi connectivity index (χ4v) is 7.08. The molecule has 1 saturated carbocycles. The van der Waals surface area contributed by atoms with Crippen LogP contribution in [0, 0.1) is 20.8 Å². The van der Waals surface area contributed by atoms with E-state index >= 15 is 0 Å². The molecular formula is C35H45N3O5S. The molecule has 4 rings (SSSR count). The SMILES string of the molecule is CC[C@H](C(=O)NC1CCCCC1)N(Cc1cccc(OC)c1)C(=O)CN(c1ccc(C)c(C)c1)S(=O)(=O)c1ccc(C)cc1. The van der Waals surface area contributed by atoms with Gasteiger partial charge in [-0.15, -0.1) is 0 Å². The summed E-state index contributed by atoms with van der Waals surface area (Å²) in [4.78, 5) is 29.7. The Labute approximate surface area is 262 Å². The molecule has 0 radical (unpaired) electrons. The minimum absolute atomic E-state index is 0.0769. The molecule has 1 atom stereocenters. The van der Waals surface area contributed by atoms with Crippen molar-refractivity contribution in [3.63, 3.8) is 0 Å². The van der Waals surface area contributed by atoms with Crippen LogP contribution in [0.5, 0.6) is 5.75 Å². The van der Waals surface area contributed by atoms with Gasteiger partial charge in [0.25, 0.3) is 10.0 Å². The Bertz CT molecular complexity index is 1550. The van der Waals surface area contributed by atoms with Crippen molar-refractivity contribution in [1.29, 1.82) is 0 Å². The highest BCUT2D eigenvalue weighted by molar-refractivity contribution is 7.92. The van der Waals surface area contributed by atoms with Crippen LogP contribution in [0.1, 0.15) is 67.7 Å². The van der Waals surface area contributed by atoms with Crippen LogP contribution >= 0.6 is 0 Å². The first-order chi connectivity index (χ1) is 21.0. The van der Waals surface area contributed by atoms with E-state index < -0.39 is 28.5 Å². The first-order valence-corrected chi connectivity index (χ1v) is 16.9. The Hall–Kier alpha value is -3.85. The van der Waals surface area contributed by atoms with E-state index in [0.717, 1.165) is 58.7 Å². The van der Waals surface area contributed by atoms with Gasteiger partial charge in [0.1, 0.15) is 18.3 Å². The zero-order chi connectivity index (χ0) is 31.9. The molecule has 3 aromatic rings. The van der Waals surface area contributed by atoms with Crippen molar-refractivity contribution in [2.45, 2.75) is 89.7 Å². The summed E-state index contributed by atoms with van der Waals surface area (Å²) < 4.78 is 34.8. The molecule has 0 bridgehead atoms. The molecule has 8 nitrogen and oxygen atoms in total. The number of rotatable bonds is 12.